The van der Waals surface area contributed by atoms with E-state index < -0.39 is 11.9 Å². The van der Waals surface area contributed by atoms with Gasteiger partial charge in [0.1, 0.15) is 0 Å². The van der Waals surface area contributed by atoms with Gasteiger partial charge in [-0.1, -0.05) is 6.92 Å². The van der Waals surface area contributed by atoms with Gasteiger partial charge >= 0.3 is 12.0 Å². The number of carboxylic acids is 1. The fourth-order valence-corrected chi connectivity index (χ4v) is 2.71. The molecule has 2 amide bonds. The Kier molecular flexibility index (Phi) is 5.63. The number of carboxylic acid groups (broad SMARTS) is 1. The Bertz CT molecular complexity index is 323. The molecule has 0 bridgehead atoms. The molecule has 19 heavy (non-hydrogen) atoms. The molecule has 110 valence electrons. The first-order chi connectivity index (χ1) is 8.88. The van der Waals surface area contributed by atoms with Crippen molar-refractivity contribution in [3.63, 3.8) is 0 Å². The molecule has 5 heteroatoms. The first-order valence-electron chi connectivity index (χ1n) is 7.18. The van der Waals surface area contributed by atoms with Crippen molar-refractivity contribution in [1.82, 2.24) is 9.80 Å². The Balaban J connectivity index is 2.74. The predicted octanol–water partition coefficient (Wildman–Crippen LogP) is 2.41. The minimum Gasteiger partial charge on any atom is -0.481 e. The minimum atomic E-state index is -0.856. The summed E-state index contributed by atoms with van der Waals surface area (Å²) in [4.78, 5) is 27.1. The molecule has 1 heterocycles. The molecule has 1 aliphatic heterocycles. The summed E-state index contributed by atoms with van der Waals surface area (Å²) in [6.45, 7) is 8.50. The molecule has 1 saturated heterocycles. The Morgan fingerprint density at radius 1 is 1.32 bits per heavy atom. The van der Waals surface area contributed by atoms with Gasteiger partial charge in [-0.25, -0.2) is 4.79 Å². The van der Waals surface area contributed by atoms with Crippen molar-refractivity contribution in [1.29, 1.82) is 0 Å². The number of aliphatic carboxylic acids is 1. The normalized spacial score (nSPS) is 24.9. The van der Waals surface area contributed by atoms with Crippen LogP contribution in [0.4, 0.5) is 4.79 Å². The van der Waals surface area contributed by atoms with Gasteiger partial charge in [-0.15, -0.1) is 0 Å². The van der Waals surface area contributed by atoms with Gasteiger partial charge in [-0.3, -0.25) is 4.79 Å². The monoisotopic (exact) mass is 270 g/mol. The summed E-state index contributed by atoms with van der Waals surface area (Å²) in [5.41, 5.74) is 0. The molecule has 1 rings (SSSR count). The largest absolute Gasteiger partial charge is 0.481 e. The molecule has 0 aromatic heterocycles. The molecule has 0 spiro atoms. The molecule has 0 aliphatic carbocycles. The van der Waals surface area contributed by atoms with E-state index in [4.69, 9.17) is 5.11 Å². The van der Waals surface area contributed by atoms with Crippen LogP contribution in [0.5, 0.6) is 0 Å². The fraction of sp³-hybridized carbons (Fsp3) is 0.857. The van der Waals surface area contributed by atoms with E-state index in [1.165, 1.54) is 0 Å². The second-order valence-corrected chi connectivity index (χ2v) is 5.60. The van der Waals surface area contributed by atoms with Crippen LogP contribution in [0.3, 0.4) is 0 Å². The van der Waals surface area contributed by atoms with Gasteiger partial charge in [0.15, 0.2) is 0 Å². The maximum atomic E-state index is 12.6. The number of hydrogen-bond acceptors (Lipinski definition) is 2. The van der Waals surface area contributed by atoms with Crippen LogP contribution in [0.15, 0.2) is 0 Å². The fourth-order valence-electron chi connectivity index (χ4n) is 2.71. The number of carbonyl (C=O) groups is 2. The molecule has 0 saturated carbocycles. The topological polar surface area (TPSA) is 60.9 Å². The number of rotatable bonds is 4. The van der Waals surface area contributed by atoms with Gasteiger partial charge < -0.3 is 14.9 Å². The zero-order valence-corrected chi connectivity index (χ0v) is 12.4. The summed E-state index contributed by atoms with van der Waals surface area (Å²) in [6, 6.07) is 0.464. The molecular formula is C14H26N2O3. The van der Waals surface area contributed by atoms with Gasteiger partial charge in [0.2, 0.25) is 0 Å². The average molecular weight is 270 g/mol. The molecule has 5 nitrogen and oxygen atoms in total. The van der Waals surface area contributed by atoms with E-state index in [0.717, 1.165) is 19.3 Å². The van der Waals surface area contributed by atoms with Crippen LogP contribution < -0.4 is 0 Å². The standard InChI is InChI=1S/C14H26N2O3/c1-5-15(9-10(2)13(17)18)14(19)16-11(3)7-6-8-12(16)4/h10-12H,5-9H2,1-4H3,(H,17,18). The SMILES string of the molecule is CCN(CC(C)C(=O)O)C(=O)N1C(C)CCCC1C. The maximum Gasteiger partial charge on any atom is 0.320 e. The van der Waals surface area contributed by atoms with E-state index in [0.29, 0.717) is 6.54 Å². The number of nitrogens with zero attached hydrogens (tertiary/aromatic N) is 2. The van der Waals surface area contributed by atoms with Crippen LogP contribution >= 0.6 is 0 Å². The molecular weight excluding hydrogens is 244 g/mol. The quantitative estimate of drug-likeness (QED) is 0.853. The molecule has 3 unspecified atom stereocenters. The van der Waals surface area contributed by atoms with Gasteiger partial charge in [0, 0.05) is 25.2 Å². The van der Waals surface area contributed by atoms with Crippen molar-refractivity contribution in [2.75, 3.05) is 13.1 Å². The summed E-state index contributed by atoms with van der Waals surface area (Å²) in [6.07, 6.45) is 3.22. The number of urea groups is 1. The van der Waals surface area contributed by atoms with Gasteiger partial charge in [0.25, 0.3) is 0 Å². The highest BCUT2D eigenvalue weighted by atomic mass is 16.4. The maximum absolute atomic E-state index is 12.6. The van der Waals surface area contributed by atoms with E-state index in [9.17, 15) is 9.59 Å². The Morgan fingerprint density at radius 2 is 1.84 bits per heavy atom. The zero-order valence-electron chi connectivity index (χ0n) is 12.4. The van der Waals surface area contributed by atoms with Crippen molar-refractivity contribution in [2.24, 2.45) is 5.92 Å². The number of likely N-dealkylation sites (tertiary alicyclic amines) is 1. The third-order valence-electron chi connectivity index (χ3n) is 3.98. The number of piperidine rings is 1. The lowest BCUT2D eigenvalue weighted by Gasteiger charge is -2.42. The molecule has 1 aliphatic rings. The first-order valence-corrected chi connectivity index (χ1v) is 7.18. The second kappa shape index (κ2) is 6.78. The van der Waals surface area contributed by atoms with Crippen LogP contribution in [0, 0.1) is 5.92 Å². The van der Waals surface area contributed by atoms with Crippen LogP contribution in [-0.2, 0) is 4.79 Å². The van der Waals surface area contributed by atoms with Crippen LogP contribution in [0.2, 0.25) is 0 Å². The van der Waals surface area contributed by atoms with Crippen molar-refractivity contribution < 1.29 is 14.7 Å². The Hall–Kier alpha value is -1.26. The summed E-state index contributed by atoms with van der Waals surface area (Å²) in [7, 11) is 0. The highest BCUT2D eigenvalue weighted by Gasteiger charge is 2.32. The van der Waals surface area contributed by atoms with Crippen LogP contribution in [0.25, 0.3) is 0 Å². The zero-order chi connectivity index (χ0) is 14.6. The van der Waals surface area contributed by atoms with Crippen molar-refractivity contribution in [2.45, 2.75) is 59.0 Å². The summed E-state index contributed by atoms with van der Waals surface area (Å²) in [5.74, 6) is -1.38. The third kappa shape index (κ3) is 3.85. The summed E-state index contributed by atoms with van der Waals surface area (Å²) in [5, 5.41) is 8.97. The van der Waals surface area contributed by atoms with E-state index in [1.54, 1.807) is 11.8 Å². The average Bonchev–Trinajstić information content (AvgIpc) is 2.34. The van der Waals surface area contributed by atoms with Crippen molar-refractivity contribution in [3.8, 4) is 0 Å². The number of carbonyl (C=O) groups excluding carboxylic acids is 1. The molecule has 1 fully saturated rings. The van der Waals surface area contributed by atoms with Gasteiger partial charge in [-0.05, 0) is 40.0 Å². The lowest BCUT2D eigenvalue weighted by Crippen LogP contribution is -2.54. The molecule has 3 atom stereocenters. The lowest BCUT2D eigenvalue weighted by molar-refractivity contribution is -0.141. The van der Waals surface area contributed by atoms with Crippen molar-refractivity contribution in [3.05, 3.63) is 0 Å². The Morgan fingerprint density at radius 3 is 2.26 bits per heavy atom. The summed E-state index contributed by atoms with van der Waals surface area (Å²) < 4.78 is 0. The van der Waals surface area contributed by atoms with Crippen molar-refractivity contribution >= 4 is 12.0 Å². The van der Waals surface area contributed by atoms with Gasteiger partial charge in [-0.2, -0.15) is 0 Å². The summed E-state index contributed by atoms with van der Waals surface area (Å²) >= 11 is 0. The molecule has 0 radical (unpaired) electrons. The molecule has 0 aromatic rings. The lowest BCUT2D eigenvalue weighted by atomic mass is 9.98. The third-order valence-corrected chi connectivity index (χ3v) is 3.98. The van der Waals surface area contributed by atoms with E-state index >= 15 is 0 Å². The van der Waals surface area contributed by atoms with E-state index in [2.05, 4.69) is 13.8 Å². The van der Waals surface area contributed by atoms with E-state index in [1.807, 2.05) is 11.8 Å². The van der Waals surface area contributed by atoms with E-state index in [-0.39, 0.29) is 24.7 Å². The predicted molar refractivity (Wildman–Crippen MR) is 74.1 cm³/mol. The highest BCUT2D eigenvalue weighted by molar-refractivity contribution is 5.76. The molecule has 0 aromatic carbocycles. The minimum absolute atomic E-state index is 0.0182. The highest BCUT2D eigenvalue weighted by Crippen LogP contribution is 2.24. The van der Waals surface area contributed by atoms with Crippen LogP contribution in [-0.4, -0.2) is 52.1 Å². The van der Waals surface area contributed by atoms with Gasteiger partial charge in [0.05, 0.1) is 5.92 Å². The Labute approximate surface area is 115 Å². The molecule has 1 N–H and O–H groups in total. The second-order valence-electron chi connectivity index (χ2n) is 5.60. The smallest absolute Gasteiger partial charge is 0.320 e. The van der Waals surface area contributed by atoms with Crippen LogP contribution in [0.1, 0.15) is 47.0 Å². The number of hydrogen-bond donors (Lipinski definition) is 1. The number of amides is 2. The first kappa shape index (κ1) is 15.8.